The van der Waals surface area contributed by atoms with E-state index >= 15 is 0 Å². The fraction of sp³-hybridized carbons (Fsp3) is 0.316. The quantitative estimate of drug-likeness (QED) is 0.645. The molecule has 0 amide bonds. The molecule has 0 unspecified atom stereocenters. The van der Waals surface area contributed by atoms with E-state index in [1.807, 2.05) is 37.1 Å². The summed E-state index contributed by atoms with van der Waals surface area (Å²) in [5.41, 5.74) is 8.49. The highest BCUT2D eigenvalue weighted by Gasteiger charge is 2.10. The average molecular weight is 417 g/mol. The molecule has 7 heteroatoms. The van der Waals surface area contributed by atoms with E-state index in [2.05, 4.69) is 5.32 Å². The maximum atomic E-state index is 10.5. The Balaban J connectivity index is 0.000000289. The SMILES string of the molecule is CNc1c(C)cccc1Cl.NCCN(CC=O)Cc1c(Cl)cccc1Cl. The molecule has 0 heterocycles. The van der Waals surface area contributed by atoms with Crippen LogP contribution in [0.2, 0.25) is 15.1 Å². The molecule has 0 aliphatic carbocycles. The van der Waals surface area contributed by atoms with Crippen molar-refractivity contribution in [1.29, 1.82) is 0 Å². The Morgan fingerprint density at radius 3 is 2.12 bits per heavy atom. The molecule has 0 saturated carbocycles. The molecule has 0 fully saturated rings. The minimum absolute atomic E-state index is 0.332. The van der Waals surface area contributed by atoms with Gasteiger partial charge in [-0.3, -0.25) is 4.90 Å². The van der Waals surface area contributed by atoms with Crippen molar-refractivity contribution in [2.24, 2.45) is 5.73 Å². The number of nitrogens with two attached hydrogens (primary N) is 1. The van der Waals surface area contributed by atoms with Crippen molar-refractivity contribution >= 4 is 46.8 Å². The van der Waals surface area contributed by atoms with Crippen molar-refractivity contribution in [3.8, 4) is 0 Å². The van der Waals surface area contributed by atoms with E-state index in [1.165, 1.54) is 5.56 Å². The summed E-state index contributed by atoms with van der Waals surface area (Å²) in [5, 5.41) is 5.03. The number of halogens is 3. The molecule has 2 rings (SSSR count). The number of benzene rings is 2. The molecule has 26 heavy (non-hydrogen) atoms. The zero-order valence-corrected chi connectivity index (χ0v) is 17.2. The van der Waals surface area contributed by atoms with Crippen LogP contribution in [0.25, 0.3) is 0 Å². The first kappa shape index (κ1) is 22.7. The van der Waals surface area contributed by atoms with E-state index in [4.69, 9.17) is 40.5 Å². The summed E-state index contributed by atoms with van der Waals surface area (Å²) in [5.74, 6) is 0. The molecule has 0 atom stereocenters. The molecular weight excluding hydrogens is 393 g/mol. The second-order valence-electron chi connectivity index (χ2n) is 5.57. The molecule has 0 aromatic heterocycles. The number of rotatable bonds is 7. The molecule has 2 aromatic carbocycles. The summed E-state index contributed by atoms with van der Waals surface area (Å²) in [4.78, 5) is 12.4. The molecule has 3 N–H and O–H groups in total. The van der Waals surface area contributed by atoms with Crippen LogP contribution in [0.15, 0.2) is 36.4 Å². The predicted molar refractivity (Wildman–Crippen MR) is 113 cm³/mol. The largest absolute Gasteiger partial charge is 0.387 e. The number of aldehydes is 1. The molecule has 0 spiro atoms. The normalized spacial score (nSPS) is 10.3. The van der Waals surface area contributed by atoms with Crippen molar-refractivity contribution in [3.63, 3.8) is 0 Å². The number of aryl methyl sites for hydroxylation is 1. The van der Waals surface area contributed by atoms with Gasteiger partial charge in [-0.2, -0.15) is 0 Å². The molecule has 0 bridgehead atoms. The number of para-hydroxylation sites is 1. The van der Waals surface area contributed by atoms with Crippen LogP contribution in [0.5, 0.6) is 0 Å². The third-order valence-electron chi connectivity index (χ3n) is 3.69. The van der Waals surface area contributed by atoms with Gasteiger partial charge in [0.2, 0.25) is 0 Å². The van der Waals surface area contributed by atoms with E-state index in [9.17, 15) is 4.79 Å². The first-order valence-corrected chi connectivity index (χ1v) is 9.29. The van der Waals surface area contributed by atoms with E-state index in [1.54, 1.807) is 18.2 Å². The third kappa shape index (κ3) is 7.14. The number of carbonyl (C=O) groups excluding carboxylic acids is 1. The van der Waals surface area contributed by atoms with Gasteiger partial charge in [-0.25, -0.2) is 0 Å². The number of hydrogen-bond donors (Lipinski definition) is 2. The van der Waals surface area contributed by atoms with Crippen LogP contribution in [0.3, 0.4) is 0 Å². The van der Waals surface area contributed by atoms with Crippen LogP contribution in [0, 0.1) is 6.92 Å². The van der Waals surface area contributed by atoms with E-state index in [0.717, 1.165) is 22.6 Å². The van der Waals surface area contributed by atoms with Gasteiger partial charge in [0.15, 0.2) is 0 Å². The van der Waals surface area contributed by atoms with Gasteiger partial charge < -0.3 is 15.8 Å². The van der Waals surface area contributed by atoms with Gasteiger partial charge in [0.05, 0.1) is 17.3 Å². The van der Waals surface area contributed by atoms with Crippen molar-refractivity contribution in [1.82, 2.24) is 4.90 Å². The summed E-state index contributed by atoms with van der Waals surface area (Å²) < 4.78 is 0. The van der Waals surface area contributed by atoms with Gasteiger partial charge in [-0.1, -0.05) is 53.0 Å². The van der Waals surface area contributed by atoms with E-state index in [-0.39, 0.29) is 0 Å². The summed E-state index contributed by atoms with van der Waals surface area (Å²) >= 11 is 18.0. The average Bonchev–Trinajstić information content (AvgIpc) is 2.59. The number of nitrogens with one attached hydrogen (secondary N) is 1. The van der Waals surface area contributed by atoms with Crippen LogP contribution in [0.1, 0.15) is 11.1 Å². The number of anilines is 1. The smallest absolute Gasteiger partial charge is 0.133 e. The minimum atomic E-state index is 0.332. The van der Waals surface area contributed by atoms with E-state index in [0.29, 0.717) is 36.2 Å². The van der Waals surface area contributed by atoms with Crippen LogP contribution in [-0.4, -0.2) is 37.9 Å². The van der Waals surface area contributed by atoms with Crippen molar-refractivity contribution in [2.75, 3.05) is 32.0 Å². The maximum Gasteiger partial charge on any atom is 0.133 e. The van der Waals surface area contributed by atoms with Gasteiger partial charge in [0.25, 0.3) is 0 Å². The first-order chi connectivity index (χ1) is 12.4. The van der Waals surface area contributed by atoms with Gasteiger partial charge in [-0.15, -0.1) is 0 Å². The predicted octanol–water partition coefficient (Wildman–Crippen LogP) is 4.64. The van der Waals surface area contributed by atoms with Gasteiger partial charge >= 0.3 is 0 Å². The fourth-order valence-corrected chi connectivity index (χ4v) is 3.21. The number of hydrogen-bond acceptors (Lipinski definition) is 4. The topological polar surface area (TPSA) is 58.4 Å². The highest BCUT2D eigenvalue weighted by atomic mass is 35.5. The lowest BCUT2D eigenvalue weighted by atomic mass is 10.2. The second kappa shape index (κ2) is 12.2. The lowest BCUT2D eigenvalue weighted by Crippen LogP contribution is -2.30. The zero-order chi connectivity index (χ0) is 19.5. The number of nitrogens with zero attached hydrogens (tertiary/aromatic N) is 1. The minimum Gasteiger partial charge on any atom is -0.387 e. The molecule has 0 aliphatic rings. The van der Waals surface area contributed by atoms with Crippen LogP contribution in [0.4, 0.5) is 5.69 Å². The monoisotopic (exact) mass is 415 g/mol. The standard InChI is InChI=1S/C11H14Cl2N2O.C8H10ClN/c12-10-2-1-3-11(13)9(10)8-15(5-4-14)6-7-16;1-6-4-3-5-7(9)8(6)10-2/h1-3,7H,4-6,8,14H2;3-5,10H,1-2H3. The van der Waals surface area contributed by atoms with Crippen molar-refractivity contribution < 1.29 is 4.79 Å². The van der Waals surface area contributed by atoms with E-state index < -0.39 is 0 Å². The third-order valence-corrected chi connectivity index (χ3v) is 4.72. The Labute approximate surface area is 170 Å². The number of carbonyl (C=O) groups is 1. The van der Waals surface area contributed by atoms with Crippen LogP contribution in [-0.2, 0) is 11.3 Å². The van der Waals surface area contributed by atoms with Gasteiger partial charge in [-0.05, 0) is 30.7 Å². The molecule has 4 nitrogen and oxygen atoms in total. The Morgan fingerprint density at radius 2 is 1.65 bits per heavy atom. The van der Waals surface area contributed by atoms with Crippen LogP contribution < -0.4 is 11.1 Å². The maximum absolute atomic E-state index is 10.5. The second-order valence-corrected chi connectivity index (χ2v) is 6.79. The molecule has 142 valence electrons. The highest BCUT2D eigenvalue weighted by Crippen LogP contribution is 2.25. The van der Waals surface area contributed by atoms with Gasteiger partial charge in [0, 0.05) is 42.3 Å². The van der Waals surface area contributed by atoms with Crippen LogP contribution >= 0.6 is 34.8 Å². The van der Waals surface area contributed by atoms with Crippen molar-refractivity contribution in [2.45, 2.75) is 13.5 Å². The zero-order valence-electron chi connectivity index (χ0n) is 14.9. The molecule has 0 aliphatic heterocycles. The Bertz CT molecular complexity index is 670. The summed E-state index contributed by atoms with van der Waals surface area (Å²) in [7, 11) is 1.87. The first-order valence-electron chi connectivity index (χ1n) is 8.16. The summed E-state index contributed by atoms with van der Waals surface area (Å²) in [6, 6.07) is 11.2. The van der Waals surface area contributed by atoms with Crippen molar-refractivity contribution in [3.05, 3.63) is 62.6 Å². The summed E-state index contributed by atoms with van der Waals surface area (Å²) in [6.45, 7) is 4.03. The lowest BCUT2D eigenvalue weighted by Gasteiger charge is -2.20. The van der Waals surface area contributed by atoms with Gasteiger partial charge in [0.1, 0.15) is 6.29 Å². The lowest BCUT2D eigenvalue weighted by molar-refractivity contribution is -0.108. The fourth-order valence-electron chi connectivity index (χ4n) is 2.38. The molecule has 0 radical (unpaired) electrons. The molecular formula is C19H24Cl3N3O. The Hall–Kier alpha value is -1.30. The highest BCUT2D eigenvalue weighted by molar-refractivity contribution is 6.36. The Kier molecular flexibility index (Phi) is 10.6. The molecule has 0 saturated heterocycles. The Morgan fingerprint density at radius 1 is 1.08 bits per heavy atom. The molecule has 2 aromatic rings. The summed E-state index contributed by atoms with van der Waals surface area (Å²) in [6.07, 6.45) is 0.848.